The lowest BCUT2D eigenvalue weighted by Gasteiger charge is -2.60. The number of allylic oxidation sites excluding steroid dienone is 1. The van der Waals surface area contributed by atoms with E-state index in [0.29, 0.717) is 60.2 Å². The largest absolute Gasteiger partial charge is 0.497 e. The minimum atomic E-state index is -1.42. The number of oxime groups is 1. The average Bonchev–Trinajstić information content (AvgIpc) is 4.18. The Balaban J connectivity index is 1.28. The summed E-state index contributed by atoms with van der Waals surface area (Å²) in [6.45, 7) is 4.67. The summed E-state index contributed by atoms with van der Waals surface area (Å²) in [7, 11) is 4.61. The number of carbonyl (C=O) groups excluding carboxylic acids is 2. The van der Waals surface area contributed by atoms with Crippen molar-refractivity contribution in [2.75, 3.05) is 46.5 Å². The summed E-state index contributed by atoms with van der Waals surface area (Å²) in [5.41, 5.74) is 3.89. The van der Waals surface area contributed by atoms with Crippen molar-refractivity contribution in [1.82, 2.24) is 4.90 Å². The first-order chi connectivity index (χ1) is 31.8. The molecule has 6 atom stereocenters. The smallest absolute Gasteiger partial charge is 0.417 e. The number of benzene rings is 4. The lowest BCUT2D eigenvalue weighted by Crippen LogP contribution is -2.70. The molecule has 2 amide bonds. The first-order valence-corrected chi connectivity index (χ1v) is 22.9. The highest BCUT2D eigenvalue weighted by atomic mass is 16.7. The molecular formula is C52H61N3O10. The van der Waals surface area contributed by atoms with Gasteiger partial charge in [0.05, 0.1) is 38.1 Å². The van der Waals surface area contributed by atoms with Crippen molar-refractivity contribution in [2.24, 2.45) is 28.8 Å². The fourth-order valence-electron chi connectivity index (χ4n) is 10.5. The topological polar surface area (TPSA) is 158 Å². The lowest BCUT2D eigenvalue weighted by atomic mass is 9.55. The van der Waals surface area contributed by atoms with Crippen LogP contribution in [0.5, 0.6) is 23.0 Å². The zero-order valence-electron chi connectivity index (χ0n) is 37.6. The van der Waals surface area contributed by atoms with Crippen LogP contribution >= 0.6 is 0 Å². The van der Waals surface area contributed by atoms with Gasteiger partial charge in [0, 0.05) is 49.6 Å². The molecule has 13 heteroatoms. The fraction of sp³-hybridized carbons (Fsp3) is 0.442. The molecule has 0 aromatic heterocycles. The molecule has 0 bridgehead atoms. The fourth-order valence-corrected chi connectivity index (χ4v) is 10.5. The number of nitrogens with one attached hydrogen (secondary N) is 1. The quantitative estimate of drug-likeness (QED) is 0.0444. The van der Waals surface area contributed by atoms with Crippen LogP contribution < -0.4 is 24.3 Å². The Hall–Kier alpha value is -5.89. The third kappa shape index (κ3) is 9.45. The van der Waals surface area contributed by atoms with Gasteiger partial charge in [-0.2, -0.15) is 0 Å². The number of ether oxygens (including phenoxy) is 5. The SMILES string of the molecule is C=CCOC12Oc3ccc(OC(=O)Nc4ccc(OC)cc4OC)cc3C3C(CCCCO)C(CCCCO)C=C(C(=NOC)CC1N(Cc1cccc4ccccc14)C(=O)C1CC1)C32. The molecule has 13 nitrogen and oxygen atoms in total. The zero-order chi connectivity index (χ0) is 45.5. The van der Waals surface area contributed by atoms with Crippen LogP contribution in [0.3, 0.4) is 0 Å². The summed E-state index contributed by atoms with van der Waals surface area (Å²) in [6.07, 6.45) is 9.63. The molecular weight excluding hydrogens is 827 g/mol. The van der Waals surface area contributed by atoms with E-state index in [1.807, 2.05) is 35.2 Å². The molecule has 1 aliphatic heterocycles. The molecule has 0 spiro atoms. The van der Waals surface area contributed by atoms with E-state index in [0.717, 1.165) is 66.0 Å². The van der Waals surface area contributed by atoms with Gasteiger partial charge >= 0.3 is 6.09 Å². The van der Waals surface area contributed by atoms with Crippen molar-refractivity contribution in [3.8, 4) is 23.0 Å². The van der Waals surface area contributed by atoms with Gasteiger partial charge < -0.3 is 43.6 Å². The van der Waals surface area contributed by atoms with Gasteiger partial charge in [-0.15, -0.1) is 6.58 Å². The van der Waals surface area contributed by atoms with Gasteiger partial charge in [-0.3, -0.25) is 10.1 Å². The number of aliphatic hydroxyl groups excluding tert-OH is 2. The number of amides is 2. The molecule has 344 valence electrons. The predicted octanol–water partition coefficient (Wildman–Crippen LogP) is 9.17. The molecule has 0 radical (unpaired) electrons. The highest BCUT2D eigenvalue weighted by Crippen LogP contribution is 2.62. The van der Waals surface area contributed by atoms with Crippen LogP contribution in [-0.2, 0) is 20.9 Å². The van der Waals surface area contributed by atoms with Crippen LogP contribution in [0.1, 0.15) is 74.8 Å². The Labute approximate surface area is 381 Å². The minimum absolute atomic E-state index is 0.0100. The van der Waals surface area contributed by atoms with E-state index >= 15 is 0 Å². The third-order valence-corrected chi connectivity index (χ3v) is 13.5. The van der Waals surface area contributed by atoms with Crippen LogP contribution in [0.4, 0.5) is 10.5 Å². The molecule has 2 saturated carbocycles. The molecule has 0 saturated heterocycles. The number of hydrogen-bond donors (Lipinski definition) is 3. The second kappa shape index (κ2) is 20.5. The molecule has 3 aliphatic carbocycles. The Morgan fingerprint density at radius 2 is 1.69 bits per heavy atom. The highest BCUT2D eigenvalue weighted by Gasteiger charge is 2.66. The van der Waals surface area contributed by atoms with Crippen molar-refractivity contribution in [2.45, 2.75) is 82.1 Å². The van der Waals surface area contributed by atoms with Crippen LogP contribution in [0.2, 0.25) is 0 Å². The minimum Gasteiger partial charge on any atom is -0.497 e. The van der Waals surface area contributed by atoms with E-state index in [-0.39, 0.29) is 49.4 Å². The number of anilines is 1. The number of fused-ring (bicyclic) bond motifs is 3. The number of methoxy groups -OCH3 is 2. The lowest BCUT2D eigenvalue weighted by molar-refractivity contribution is -0.258. The summed E-state index contributed by atoms with van der Waals surface area (Å²) in [5, 5.41) is 29.6. The Morgan fingerprint density at radius 1 is 0.923 bits per heavy atom. The van der Waals surface area contributed by atoms with Crippen molar-refractivity contribution in [3.05, 3.63) is 114 Å². The van der Waals surface area contributed by atoms with Crippen molar-refractivity contribution < 1.29 is 48.3 Å². The maximum atomic E-state index is 15.0. The number of unbranched alkanes of at least 4 members (excludes halogenated alkanes) is 2. The second-order valence-electron chi connectivity index (χ2n) is 17.4. The number of rotatable bonds is 20. The van der Waals surface area contributed by atoms with E-state index < -0.39 is 23.8 Å². The monoisotopic (exact) mass is 887 g/mol. The average molecular weight is 888 g/mol. The van der Waals surface area contributed by atoms with Gasteiger partial charge in [-0.05, 0) is 103 Å². The number of carbonyl (C=O) groups is 2. The molecule has 2 fully saturated rings. The molecule has 65 heavy (non-hydrogen) atoms. The summed E-state index contributed by atoms with van der Waals surface area (Å²) >= 11 is 0. The van der Waals surface area contributed by atoms with Gasteiger partial charge in [0.25, 0.3) is 0 Å². The summed E-state index contributed by atoms with van der Waals surface area (Å²) in [4.78, 5) is 36.2. The first kappa shape index (κ1) is 45.7. The summed E-state index contributed by atoms with van der Waals surface area (Å²) in [6, 6.07) is 24.3. The Kier molecular flexibility index (Phi) is 14.4. The molecule has 8 rings (SSSR count). The van der Waals surface area contributed by atoms with E-state index in [1.54, 1.807) is 44.6 Å². The predicted molar refractivity (Wildman–Crippen MR) is 248 cm³/mol. The molecule has 1 heterocycles. The van der Waals surface area contributed by atoms with E-state index in [9.17, 15) is 19.8 Å². The summed E-state index contributed by atoms with van der Waals surface area (Å²) < 4.78 is 31.4. The van der Waals surface area contributed by atoms with Gasteiger partial charge in [0.2, 0.25) is 11.7 Å². The van der Waals surface area contributed by atoms with E-state index in [2.05, 4.69) is 42.2 Å². The molecule has 4 aromatic rings. The van der Waals surface area contributed by atoms with Gasteiger partial charge in [-0.1, -0.05) is 72.6 Å². The van der Waals surface area contributed by atoms with Gasteiger partial charge in [0.15, 0.2) is 0 Å². The number of aliphatic hydroxyl groups is 2. The molecule has 4 aliphatic rings. The van der Waals surface area contributed by atoms with Crippen molar-refractivity contribution in [3.63, 3.8) is 0 Å². The molecule has 4 aromatic carbocycles. The maximum Gasteiger partial charge on any atom is 0.417 e. The third-order valence-electron chi connectivity index (χ3n) is 13.5. The first-order valence-electron chi connectivity index (χ1n) is 22.9. The number of nitrogens with zero attached hydrogens (tertiary/aromatic N) is 2. The standard InChI is InChI=1S/C52H61N3O10/c1-5-27-63-52-47(55(50(58)34-19-20-34)32-36-16-12-15-33-13-6-7-17-39(33)36)31-44(54-62-4)41-28-35(14-8-10-25-56)40(18-9-11-26-57)48(49(41)52)42-29-38(22-24-45(42)65-52)64-51(59)53-43-23-21-37(60-2)30-46(43)61-3/h5-7,12-13,15-17,21-24,28-30,34-35,40,47-49,56-57H,1,8-11,14,18-20,25-27,31-32H2,2-4H3,(H,53,59). The second-order valence-corrected chi connectivity index (χ2v) is 17.4. The van der Waals surface area contributed by atoms with Crippen molar-refractivity contribution >= 4 is 34.2 Å². The Bertz CT molecular complexity index is 2410. The highest BCUT2D eigenvalue weighted by molar-refractivity contribution is 6.03. The maximum absolute atomic E-state index is 15.0. The van der Waals surface area contributed by atoms with Gasteiger partial charge in [-0.25, -0.2) is 4.79 Å². The van der Waals surface area contributed by atoms with Gasteiger partial charge in [0.1, 0.15) is 36.1 Å². The number of hydrogen-bond acceptors (Lipinski definition) is 11. The Morgan fingerprint density at radius 3 is 2.43 bits per heavy atom. The zero-order valence-corrected chi connectivity index (χ0v) is 37.6. The van der Waals surface area contributed by atoms with E-state index in [4.69, 9.17) is 33.7 Å². The van der Waals surface area contributed by atoms with Crippen LogP contribution in [-0.4, -0.2) is 85.8 Å². The normalized spacial score (nSPS) is 23.6. The molecule has 3 N–H and O–H groups in total. The van der Waals surface area contributed by atoms with E-state index in [1.165, 1.54) is 7.11 Å². The molecule has 6 unspecified atom stereocenters. The van der Waals surface area contributed by atoms with Crippen molar-refractivity contribution in [1.29, 1.82) is 0 Å². The van der Waals surface area contributed by atoms with Crippen LogP contribution in [0, 0.1) is 23.7 Å². The van der Waals surface area contributed by atoms with Crippen LogP contribution in [0.25, 0.3) is 10.8 Å². The summed E-state index contributed by atoms with van der Waals surface area (Å²) in [5.74, 6) is -0.434. The van der Waals surface area contributed by atoms with Crippen LogP contribution in [0.15, 0.2) is 108 Å².